The van der Waals surface area contributed by atoms with Gasteiger partial charge in [0, 0.05) is 35.3 Å². The molecule has 1 fully saturated rings. The van der Waals surface area contributed by atoms with Crippen molar-refractivity contribution in [3.8, 4) is 0 Å². The van der Waals surface area contributed by atoms with Crippen molar-refractivity contribution in [1.82, 2.24) is 4.90 Å². The smallest absolute Gasteiger partial charge is 0.254 e. The van der Waals surface area contributed by atoms with E-state index in [1.807, 2.05) is 41.8 Å². The van der Waals surface area contributed by atoms with Crippen LogP contribution < -0.4 is 11.3 Å². The van der Waals surface area contributed by atoms with Crippen molar-refractivity contribution in [3.63, 3.8) is 0 Å². The van der Waals surface area contributed by atoms with Crippen LogP contribution in [-0.4, -0.2) is 34.9 Å². The molecule has 0 bridgehead atoms. The number of hydrazine groups is 1. The molecule has 3 N–H and O–H groups in total. The summed E-state index contributed by atoms with van der Waals surface area (Å²) in [4.78, 5) is 14.5. The van der Waals surface area contributed by atoms with E-state index in [1.165, 1.54) is 0 Å². The van der Waals surface area contributed by atoms with Gasteiger partial charge in [0.15, 0.2) is 0 Å². The summed E-state index contributed by atoms with van der Waals surface area (Å²) in [6.07, 6.45) is 0. The molecule has 0 spiro atoms. The van der Waals surface area contributed by atoms with Crippen LogP contribution in [0.15, 0.2) is 18.2 Å². The second-order valence-corrected chi connectivity index (χ2v) is 5.75. The molecule has 1 aromatic rings. The summed E-state index contributed by atoms with van der Waals surface area (Å²) in [7, 11) is 0. The van der Waals surface area contributed by atoms with Gasteiger partial charge in [-0.1, -0.05) is 0 Å². The lowest BCUT2D eigenvalue weighted by Crippen LogP contribution is -2.44. The van der Waals surface area contributed by atoms with Crippen molar-refractivity contribution in [2.24, 2.45) is 5.84 Å². The fourth-order valence-electron chi connectivity index (χ4n) is 2.18. The number of carbonyl (C=O) groups is 1. The van der Waals surface area contributed by atoms with E-state index in [9.17, 15) is 4.79 Å². The Morgan fingerprint density at radius 3 is 2.94 bits per heavy atom. The number of aryl methyl sites for hydroxylation is 1. The van der Waals surface area contributed by atoms with E-state index < -0.39 is 0 Å². The van der Waals surface area contributed by atoms with E-state index in [0.717, 1.165) is 34.9 Å². The lowest BCUT2D eigenvalue weighted by molar-refractivity contribution is 0.0715. The van der Waals surface area contributed by atoms with Gasteiger partial charge in [-0.2, -0.15) is 11.8 Å². The van der Waals surface area contributed by atoms with Gasteiger partial charge in [0.2, 0.25) is 0 Å². The molecule has 1 saturated heterocycles. The van der Waals surface area contributed by atoms with E-state index in [4.69, 9.17) is 5.84 Å². The van der Waals surface area contributed by atoms with Gasteiger partial charge in [0.05, 0.1) is 0 Å². The lowest BCUT2D eigenvalue weighted by atomic mass is 10.1. The number of nitrogens with zero attached hydrogens (tertiary/aromatic N) is 1. The van der Waals surface area contributed by atoms with Gasteiger partial charge < -0.3 is 10.3 Å². The zero-order valence-electron chi connectivity index (χ0n) is 10.8. The Bertz CT molecular complexity index is 450. The summed E-state index contributed by atoms with van der Waals surface area (Å²) in [6.45, 7) is 4.88. The van der Waals surface area contributed by atoms with Crippen molar-refractivity contribution < 1.29 is 4.79 Å². The quantitative estimate of drug-likeness (QED) is 0.633. The van der Waals surface area contributed by atoms with Gasteiger partial charge in [-0.3, -0.25) is 10.6 Å². The number of thioether (sulfide) groups is 1. The highest BCUT2D eigenvalue weighted by Gasteiger charge is 2.25. The van der Waals surface area contributed by atoms with Crippen LogP contribution >= 0.6 is 11.8 Å². The number of benzene rings is 1. The van der Waals surface area contributed by atoms with Gasteiger partial charge in [-0.15, -0.1) is 0 Å². The van der Waals surface area contributed by atoms with Crippen molar-refractivity contribution >= 4 is 23.4 Å². The van der Waals surface area contributed by atoms with Crippen LogP contribution in [0, 0.1) is 6.92 Å². The molecule has 1 aliphatic rings. The first-order valence-corrected chi connectivity index (χ1v) is 7.25. The maximum Gasteiger partial charge on any atom is 0.254 e. The molecule has 0 saturated carbocycles. The van der Waals surface area contributed by atoms with Gasteiger partial charge in [-0.25, -0.2) is 0 Å². The maximum atomic E-state index is 12.5. The number of rotatable bonds is 2. The standard InChI is InChI=1S/C13H19N3OS/c1-9-7-11(15-14)3-4-12(9)13(17)16-5-6-18-8-10(16)2/h3-4,7,10,15H,5-6,8,14H2,1-2H3. The number of hydrogen-bond acceptors (Lipinski definition) is 4. The minimum atomic E-state index is 0.129. The normalized spacial score (nSPS) is 19.7. The second kappa shape index (κ2) is 5.63. The Morgan fingerprint density at radius 1 is 1.56 bits per heavy atom. The van der Waals surface area contributed by atoms with Gasteiger partial charge in [0.1, 0.15) is 0 Å². The Morgan fingerprint density at radius 2 is 2.33 bits per heavy atom. The van der Waals surface area contributed by atoms with Crippen LogP contribution in [0.25, 0.3) is 0 Å². The Hall–Kier alpha value is -1.20. The van der Waals surface area contributed by atoms with Crippen LogP contribution in [0.4, 0.5) is 5.69 Å². The molecular formula is C13H19N3OS. The van der Waals surface area contributed by atoms with Crippen LogP contribution in [0.5, 0.6) is 0 Å². The van der Waals surface area contributed by atoms with E-state index >= 15 is 0 Å². The Kier molecular flexibility index (Phi) is 4.14. The molecule has 1 heterocycles. The van der Waals surface area contributed by atoms with Crippen LogP contribution in [0.2, 0.25) is 0 Å². The molecule has 0 aliphatic carbocycles. The van der Waals surface area contributed by atoms with E-state index in [2.05, 4.69) is 12.3 Å². The average molecular weight is 265 g/mol. The molecule has 1 amide bonds. The fraction of sp³-hybridized carbons (Fsp3) is 0.462. The van der Waals surface area contributed by atoms with Gasteiger partial charge >= 0.3 is 0 Å². The van der Waals surface area contributed by atoms with Crippen LogP contribution in [0.1, 0.15) is 22.8 Å². The number of anilines is 1. The molecule has 1 aromatic carbocycles. The van der Waals surface area contributed by atoms with Crippen molar-refractivity contribution in [1.29, 1.82) is 0 Å². The molecule has 18 heavy (non-hydrogen) atoms. The first-order valence-electron chi connectivity index (χ1n) is 6.09. The summed E-state index contributed by atoms with van der Waals surface area (Å²) >= 11 is 1.91. The summed E-state index contributed by atoms with van der Waals surface area (Å²) in [5.74, 6) is 7.54. The first kappa shape index (κ1) is 13.2. The third-order valence-electron chi connectivity index (χ3n) is 3.25. The van der Waals surface area contributed by atoms with Crippen molar-refractivity contribution in [2.45, 2.75) is 19.9 Å². The minimum Gasteiger partial charge on any atom is -0.334 e. The van der Waals surface area contributed by atoms with Crippen LogP contribution in [0.3, 0.4) is 0 Å². The highest BCUT2D eigenvalue weighted by molar-refractivity contribution is 7.99. The molecule has 2 rings (SSSR count). The highest BCUT2D eigenvalue weighted by atomic mass is 32.2. The Labute approximate surface area is 112 Å². The number of amides is 1. The number of nitrogens with two attached hydrogens (primary N) is 1. The second-order valence-electron chi connectivity index (χ2n) is 4.60. The van der Waals surface area contributed by atoms with Crippen molar-refractivity contribution in [2.75, 3.05) is 23.5 Å². The highest BCUT2D eigenvalue weighted by Crippen LogP contribution is 2.21. The van der Waals surface area contributed by atoms with E-state index in [1.54, 1.807) is 0 Å². The molecule has 5 heteroatoms. The van der Waals surface area contributed by atoms with Crippen molar-refractivity contribution in [3.05, 3.63) is 29.3 Å². The zero-order valence-corrected chi connectivity index (χ0v) is 11.6. The third kappa shape index (κ3) is 2.62. The van der Waals surface area contributed by atoms with Gasteiger partial charge in [0.25, 0.3) is 5.91 Å². The largest absolute Gasteiger partial charge is 0.334 e. The molecule has 4 nitrogen and oxygen atoms in total. The number of carbonyl (C=O) groups excluding carboxylic acids is 1. The molecule has 0 radical (unpaired) electrons. The van der Waals surface area contributed by atoms with E-state index in [-0.39, 0.29) is 5.91 Å². The molecule has 1 atom stereocenters. The summed E-state index contributed by atoms with van der Waals surface area (Å²) in [5, 5.41) is 0. The number of hydrogen-bond donors (Lipinski definition) is 2. The topological polar surface area (TPSA) is 58.4 Å². The molecule has 1 unspecified atom stereocenters. The van der Waals surface area contributed by atoms with E-state index in [0.29, 0.717) is 6.04 Å². The molecule has 1 aliphatic heterocycles. The molecule has 0 aromatic heterocycles. The number of nitrogens with one attached hydrogen (secondary N) is 1. The lowest BCUT2D eigenvalue weighted by Gasteiger charge is -2.33. The summed E-state index contributed by atoms with van der Waals surface area (Å²) in [5.41, 5.74) is 5.15. The first-order chi connectivity index (χ1) is 8.63. The van der Waals surface area contributed by atoms with Gasteiger partial charge in [-0.05, 0) is 37.6 Å². The monoisotopic (exact) mass is 265 g/mol. The zero-order chi connectivity index (χ0) is 13.1. The Balaban J connectivity index is 2.22. The third-order valence-corrected chi connectivity index (χ3v) is 4.44. The summed E-state index contributed by atoms with van der Waals surface area (Å²) < 4.78 is 0. The SMILES string of the molecule is Cc1cc(NN)ccc1C(=O)N1CCSCC1C. The predicted molar refractivity (Wildman–Crippen MR) is 76.8 cm³/mol. The minimum absolute atomic E-state index is 0.129. The average Bonchev–Trinajstić information content (AvgIpc) is 2.38. The summed E-state index contributed by atoms with van der Waals surface area (Å²) in [6, 6.07) is 5.89. The van der Waals surface area contributed by atoms with Crippen LogP contribution in [-0.2, 0) is 0 Å². The fourth-order valence-corrected chi connectivity index (χ4v) is 3.19. The number of nitrogen functional groups attached to an aromatic ring is 1. The predicted octanol–water partition coefficient (Wildman–Crippen LogP) is 1.86. The molecular weight excluding hydrogens is 246 g/mol. The maximum absolute atomic E-state index is 12.5. The molecule has 98 valence electrons.